The van der Waals surface area contributed by atoms with Crippen molar-refractivity contribution in [3.8, 4) is 0 Å². The van der Waals surface area contributed by atoms with Crippen molar-refractivity contribution in [2.75, 3.05) is 0 Å². The molecule has 1 N–H and O–H groups in total. The number of aryl methyl sites for hydroxylation is 1. The SMILES string of the molecule is Cc1cccc(C(=O)[C@H]2CC[C@H]3[C@@H]4CC[C@@H]5C[C@](C)(O)CC[C@]5(C)[C@H]4CC[C@]23C)c1. The van der Waals surface area contributed by atoms with Gasteiger partial charge in [-0.25, -0.2) is 0 Å². The lowest BCUT2D eigenvalue weighted by Crippen LogP contribution is -2.55. The summed E-state index contributed by atoms with van der Waals surface area (Å²) >= 11 is 0. The van der Waals surface area contributed by atoms with Gasteiger partial charge in [0.2, 0.25) is 0 Å². The van der Waals surface area contributed by atoms with Crippen LogP contribution in [0.4, 0.5) is 0 Å². The molecule has 8 atom stereocenters. The first-order valence-corrected chi connectivity index (χ1v) is 12.5. The fourth-order valence-electron chi connectivity index (χ4n) is 8.86. The van der Waals surface area contributed by atoms with Crippen LogP contribution in [0.25, 0.3) is 0 Å². The molecule has 1 aromatic rings. The summed E-state index contributed by atoms with van der Waals surface area (Å²) in [5, 5.41) is 10.7. The van der Waals surface area contributed by atoms with Gasteiger partial charge < -0.3 is 5.11 Å². The van der Waals surface area contributed by atoms with Gasteiger partial charge in [-0.1, -0.05) is 37.6 Å². The van der Waals surface area contributed by atoms with Gasteiger partial charge in [-0.3, -0.25) is 4.79 Å². The number of ketones is 1. The summed E-state index contributed by atoms with van der Waals surface area (Å²) in [6.07, 6.45) is 10.5. The Kier molecular flexibility index (Phi) is 4.79. The zero-order valence-electron chi connectivity index (χ0n) is 19.4. The van der Waals surface area contributed by atoms with Gasteiger partial charge in [-0.15, -0.1) is 0 Å². The van der Waals surface area contributed by atoms with E-state index in [1.807, 2.05) is 12.1 Å². The molecule has 1 aromatic carbocycles. The minimum absolute atomic E-state index is 0.172. The van der Waals surface area contributed by atoms with Crippen molar-refractivity contribution in [3.05, 3.63) is 35.4 Å². The number of benzene rings is 1. The fraction of sp³-hybridized carbons (Fsp3) is 0.750. The van der Waals surface area contributed by atoms with Crippen LogP contribution in [0.15, 0.2) is 24.3 Å². The quantitative estimate of drug-likeness (QED) is 0.561. The number of fused-ring (bicyclic) bond motifs is 5. The topological polar surface area (TPSA) is 37.3 Å². The van der Waals surface area contributed by atoms with Gasteiger partial charge in [0, 0.05) is 11.5 Å². The molecule has 0 heterocycles. The Morgan fingerprint density at radius 3 is 2.47 bits per heavy atom. The summed E-state index contributed by atoms with van der Waals surface area (Å²) < 4.78 is 0. The third kappa shape index (κ3) is 3.04. The van der Waals surface area contributed by atoms with E-state index in [0.29, 0.717) is 23.0 Å². The van der Waals surface area contributed by atoms with E-state index in [2.05, 4.69) is 39.8 Å². The summed E-state index contributed by atoms with van der Waals surface area (Å²) in [6.45, 7) is 9.15. The number of hydrogen-bond acceptors (Lipinski definition) is 2. The van der Waals surface area contributed by atoms with Gasteiger partial charge >= 0.3 is 0 Å². The first kappa shape index (κ1) is 20.7. The van der Waals surface area contributed by atoms with Gasteiger partial charge in [0.25, 0.3) is 0 Å². The molecule has 4 aliphatic rings. The third-order valence-electron chi connectivity index (χ3n) is 10.6. The molecule has 0 spiro atoms. The van der Waals surface area contributed by atoms with Gasteiger partial charge in [-0.2, -0.15) is 0 Å². The Morgan fingerprint density at radius 2 is 1.70 bits per heavy atom. The number of rotatable bonds is 2. The van der Waals surface area contributed by atoms with Crippen molar-refractivity contribution < 1.29 is 9.90 Å². The van der Waals surface area contributed by atoms with Crippen LogP contribution in [0.2, 0.25) is 0 Å². The Bertz CT molecular complexity index is 841. The fourth-order valence-corrected chi connectivity index (χ4v) is 8.86. The van der Waals surface area contributed by atoms with Gasteiger partial charge in [0.1, 0.15) is 0 Å². The maximum atomic E-state index is 13.6. The highest BCUT2D eigenvalue weighted by Gasteiger charge is 2.61. The normalized spacial score (nSPS) is 47.8. The lowest BCUT2D eigenvalue weighted by atomic mass is 9.44. The molecule has 0 radical (unpaired) electrons. The molecule has 4 saturated carbocycles. The average Bonchev–Trinajstić information content (AvgIpc) is 3.05. The lowest BCUT2D eigenvalue weighted by Gasteiger charge is -2.61. The highest BCUT2D eigenvalue weighted by atomic mass is 16.3. The molecule has 0 unspecified atom stereocenters. The van der Waals surface area contributed by atoms with Crippen LogP contribution in [0.3, 0.4) is 0 Å². The zero-order chi connectivity index (χ0) is 21.3. The standard InChI is InChI=1S/C28H40O2/c1-18-6-5-7-19(16-18)25(29)24-11-10-22-21-9-8-20-17-26(2,30)14-15-27(20,3)23(21)12-13-28(22,24)4/h5-7,16,20-24,30H,8-15,17H2,1-4H3/t20-,21+,22+,23+,24-,26-,27+,28+/m1/s1. The van der Waals surface area contributed by atoms with Crippen molar-refractivity contribution in [2.24, 2.45) is 40.4 Å². The first-order chi connectivity index (χ1) is 14.1. The highest BCUT2D eigenvalue weighted by Crippen LogP contribution is 2.68. The van der Waals surface area contributed by atoms with Crippen molar-refractivity contribution in [1.82, 2.24) is 0 Å². The Labute approximate surface area is 182 Å². The smallest absolute Gasteiger partial charge is 0.166 e. The molecule has 30 heavy (non-hydrogen) atoms. The van der Waals surface area contributed by atoms with Crippen molar-refractivity contribution >= 4 is 5.78 Å². The molecular formula is C28H40O2. The first-order valence-electron chi connectivity index (χ1n) is 12.5. The van der Waals surface area contributed by atoms with E-state index >= 15 is 0 Å². The molecule has 0 aliphatic heterocycles. The van der Waals surface area contributed by atoms with Crippen LogP contribution in [0.1, 0.15) is 94.5 Å². The predicted octanol–water partition coefficient (Wildman–Crippen LogP) is 6.59. The van der Waals surface area contributed by atoms with E-state index in [0.717, 1.165) is 36.7 Å². The van der Waals surface area contributed by atoms with Crippen LogP contribution < -0.4 is 0 Å². The van der Waals surface area contributed by atoms with E-state index < -0.39 is 5.60 Å². The third-order valence-corrected chi connectivity index (χ3v) is 10.6. The van der Waals surface area contributed by atoms with Crippen LogP contribution in [0.5, 0.6) is 0 Å². The largest absolute Gasteiger partial charge is 0.390 e. The van der Waals surface area contributed by atoms with E-state index in [1.54, 1.807) is 0 Å². The van der Waals surface area contributed by atoms with Crippen molar-refractivity contribution in [1.29, 1.82) is 0 Å². The second-order valence-electron chi connectivity index (χ2n) is 12.3. The summed E-state index contributed by atoms with van der Waals surface area (Å²) in [6, 6.07) is 8.23. The molecular weight excluding hydrogens is 368 g/mol. The van der Waals surface area contributed by atoms with Crippen LogP contribution in [-0.4, -0.2) is 16.5 Å². The van der Waals surface area contributed by atoms with E-state index in [-0.39, 0.29) is 11.3 Å². The molecule has 2 heteroatoms. The van der Waals surface area contributed by atoms with Gasteiger partial charge in [0.15, 0.2) is 5.78 Å². The molecule has 164 valence electrons. The van der Waals surface area contributed by atoms with E-state index in [4.69, 9.17) is 0 Å². The second kappa shape index (κ2) is 6.92. The van der Waals surface area contributed by atoms with E-state index in [9.17, 15) is 9.90 Å². The Morgan fingerprint density at radius 1 is 0.933 bits per heavy atom. The predicted molar refractivity (Wildman–Crippen MR) is 121 cm³/mol. The molecule has 0 bridgehead atoms. The summed E-state index contributed by atoms with van der Waals surface area (Å²) in [5.74, 6) is 3.55. The highest BCUT2D eigenvalue weighted by molar-refractivity contribution is 5.98. The maximum Gasteiger partial charge on any atom is 0.166 e. The van der Waals surface area contributed by atoms with Crippen molar-refractivity contribution in [2.45, 2.75) is 91.1 Å². The maximum absolute atomic E-state index is 13.6. The number of carbonyl (C=O) groups is 1. The minimum atomic E-state index is -0.459. The summed E-state index contributed by atoms with van der Waals surface area (Å²) in [4.78, 5) is 13.6. The molecule has 2 nitrogen and oxygen atoms in total. The molecule has 4 fully saturated rings. The zero-order valence-corrected chi connectivity index (χ0v) is 19.4. The monoisotopic (exact) mass is 408 g/mol. The Hall–Kier alpha value is -1.15. The van der Waals surface area contributed by atoms with E-state index in [1.165, 1.54) is 44.1 Å². The van der Waals surface area contributed by atoms with Gasteiger partial charge in [0.05, 0.1) is 5.60 Å². The molecule has 0 saturated heterocycles. The van der Waals surface area contributed by atoms with Crippen molar-refractivity contribution in [3.63, 3.8) is 0 Å². The summed E-state index contributed by atoms with van der Waals surface area (Å²) in [5.41, 5.74) is 2.22. The van der Waals surface area contributed by atoms with Crippen LogP contribution in [0, 0.1) is 47.3 Å². The number of hydrogen-bond donors (Lipinski definition) is 1. The number of Topliss-reactive ketones (excluding diaryl/α,β-unsaturated/α-hetero) is 1. The van der Waals surface area contributed by atoms with Gasteiger partial charge in [-0.05, 0) is 112 Å². The second-order valence-corrected chi connectivity index (χ2v) is 12.3. The van der Waals surface area contributed by atoms with Crippen LogP contribution in [-0.2, 0) is 0 Å². The summed E-state index contributed by atoms with van der Waals surface area (Å²) in [7, 11) is 0. The molecule has 0 amide bonds. The minimum Gasteiger partial charge on any atom is -0.390 e. The van der Waals surface area contributed by atoms with Crippen LogP contribution >= 0.6 is 0 Å². The molecule has 5 rings (SSSR count). The Balaban J connectivity index is 1.40. The number of carbonyl (C=O) groups excluding carboxylic acids is 1. The lowest BCUT2D eigenvalue weighted by molar-refractivity contribution is -0.144. The molecule has 0 aromatic heterocycles. The number of aliphatic hydroxyl groups is 1. The molecule has 4 aliphatic carbocycles. The average molecular weight is 409 g/mol.